The minimum atomic E-state index is -0.531. The fourth-order valence-corrected chi connectivity index (χ4v) is 3.66. The first-order chi connectivity index (χ1) is 13.2. The number of esters is 1. The van der Waals surface area contributed by atoms with Crippen LogP contribution in [0.4, 0.5) is 0 Å². The highest BCUT2D eigenvalue weighted by Gasteiger charge is 2.21. The van der Waals surface area contributed by atoms with Gasteiger partial charge in [0.2, 0.25) is 0 Å². The van der Waals surface area contributed by atoms with Gasteiger partial charge in [-0.25, -0.2) is 0 Å². The Kier molecular flexibility index (Phi) is 5.29. The number of benzene rings is 2. The second-order valence-corrected chi connectivity index (χ2v) is 7.17. The van der Waals surface area contributed by atoms with Crippen molar-refractivity contribution < 1.29 is 14.3 Å². The van der Waals surface area contributed by atoms with Crippen molar-refractivity contribution in [3.8, 4) is 5.75 Å². The van der Waals surface area contributed by atoms with Crippen molar-refractivity contribution in [2.75, 3.05) is 0 Å². The third kappa shape index (κ3) is 3.53. The Morgan fingerprint density at radius 3 is 2.25 bits per heavy atom. The summed E-state index contributed by atoms with van der Waals surface area (Å²) in [5.74, 6) is -0.837. The van der Waals surface area contributed by atoms with E-state index in [0.29, 0.717) is 5.69 Å². The van der Waals surface area contributed by atoms with Crippen molar-refractivity contribution in [2.45, 2.75) is 33.7 Å². The van der Waals surface area contributed by atoms with E-state index in [-0.39, 0.29) is 27.7 Å². The minimum absolute atomic E-state index is 0.104. The fraction of sp³-hybridized carbons (Fsp3) is 0.238. The van der Waals surface area contributed by atoms with E-state index in [1.54, 1.807) is 19.1 Å². The highest BCUT2D eigenvalue weighted by Crippen LogP contribution is 2.27. The van der Waals surface area contributed by atoms with E-state index in [1.807, 2.05) is 38.1 Å². The zero-order chi connectivity index (χ0) is 20.6. The molecule has 6 nitrogen and oxygen atoms in total. The number of carbonyl (C=O) groups is 2. The predicted molar refractivity (Wildman–Crippen MR) is 110 cm³/mol. The smallest absolute Gasteiger partial charge is 0.308 e. The molecule has 7 heteroatoms. The third-order valence-electron chi connectivity index (χ3n) is 4.37. The Hall–Kier alpha value is -3.06. The van der Waals surface area contributed by atoms with Crippen LogP contribution in [-0.4, -0.2) is 21.0 Å². The number of fused-ring (bicyclic) bond motifs is 1. The van der Waals surface area contributed by atoms with Crippen molar-refractivity contribution >= 4 is 34.9 Å². The van der Waals surface area contributed by atoms with Crippen molar-refractivity contribution in [3.63, 3.8) is 0 Å². The van der Waals surface area contributed by atoms with Gasteiger partial charge in [-0.1, -0.05) is 24.3 Å². The van der Waals surface area contributed by atoms with Crippen LogP contribution in [-0.2, 0) is 4.79 Å². The molecule has 2 aromatic carbocycles. The summed E-state index contributed by atoms with van der Waals surface area (Å²) in [5.41, 5.74) is 0.348. The second kappa shape index (κ2) is 7.52. The lowest BCUT2D eigenvalue weighted by atomic mass is 10.0. The molecule has 0 N–H and O–H groups in total. The van der Waals surface area contributed by atoms with E-state index in [1.165, 1.54) is 22.1 Å². The van der Waals surface area contributed by atoms with Crippen molar-refractivity contribution in [2.24, 2.45) is 0 Å². The zero-order valence-electron chi connectivity index (χ0n) is 16.1. The lowest BCUT2D eigenvalue weighted by Gasteiger charge is -2.17. The van der Waals surface area contributed by atoms with Gasteiger partial charge in [-0.2, -0.15) is 0 Å². The van der Waals surface area contributed by atoms with Crippen LogP contribution in [0, 0.1) is 11.7 Å². The van der Waals surface area contributed by atoms with E-state index in [9.17, 15) is 14.4 Å². The van der Waals surface area contributed by atoms with E-state index >= 15 is 0 Å². The summed E-state index contributed by atoms with van der Waals surface area (Å²) >= 11 is 5.44. The van der Waals surface area contributed by atoms with Crippen molar-refractivity contribution in [3.05, 3.63) is 68.8 Å². The molecular weight excluding hydrogens is 376 g/mol. The van der Waals surface area contributed by atoms with Gasteiger partial charge in [0, 0.05) is 24.7 Å². The van der Waals surface area contributed by atoms with E-state index in [4.69, 9.17) is 17.0 Å². The number of aryl methyl sites for hydroxylation is 1. The monoisotopic (exact) mass is 396 g/mol. The molecule has 0 saturated carbocycles. The molecule has 0 aliphatic heterocycles. The van der Waals surface area contributed by atoms with Crippen LogP contribution < -0.4 is 10.3 Å². The summed E-state index contributed by atoms with van der Waals surface area (Å²) in [5, 5.41) is 1.66. The third-order valence-corrected chi connectivity index (χ3v) is 4.75. The highest BCUT2D eigenvalue weighted by molar-refractivity contribution is 7.71. The maximum Gasteiger partial charge on any atom is 0.308 e. The molecule has 3 rings (SSSR count). The topological polar surface area (TPSA) is 70.3 Å². The molecule has 0 spiro atoms. The average Bonchev–Trinajstić information content (AvgIpc) is 2.59. The second-order valence-electron chi connectivity index (χ2n) is 6.80. The average molecular weight is 396 g/mol. The molecule has 0 bridgehead atoms. The number of ether oxygens (including phenoxy) is 1. The van der Waals surface area contributed by atoms with Gasteiger partial charge in [0.15, 0.2) is 4.77 Å². The molecule has 0 amide bonds. The molecule has 28 heavy (non-hydrogen) atoms. The van der Waals surface area contributed by atoms with Gasteiger partial charge in [-0.05, 0) is 55.9 Å². The Labute approximate surface area is 167 Å². The van der Waals surface area contributed by atoms with E-state index in [2.05, 4.69) is 0 Å². The molecule has 3 aromatic rings. The van der Waals surface area contributed by atoms with Crippen molar-refractivity contribution in [1.82, 2.24) is 9.13 Å². The molecule has 0 radical (unpaired) electrons. The molecule has 0 saturated heterocycles. The minimum Gasteiger partial charge on any atom is -0.426 e. The van der Waals surface area contributed by atoms with Gasteiger partial charge in [-0.15, -0.1) is 0 Å². The van der Waals surface area contributed by atoms with Gasteiger partial charge < -0.3 is 4.74 Å². The van der Waals surface area contributed by atoms with E-state index < -0.39 is 11.9 Å². The number of hydrogen-bond acceptors (Lipinski definition) is 5. The van der Waals surface area contributed by atoms with Gasteiger partial charge in [0.25, 0.3) is 11.5 Å². The number of nitrogens with zero attached hydrogens (tertiary/aromatic N) is 2. The van der Waals surface area contributed by atoms with Gasteiger partial charge in [-0.3, -0.25) is 23.5 Å². The van der Waals surface area contributed by atoms with Gasteiger partial charge in [0.05, 0.1) is 5.56 Å². The molecule has 0 aliphatic carbocycles. The molecule has 1 heterocycles. The Morgan fingerprint density at radius 1 is 1.07 bits per heavy atom. The number of rotatable bonds is 3. The van der Waals surface area contributed by atoms with Crippen LogP contribution in [0.2, 0.25) is 0 Å². The maximum atomic E-state index is 13.4. The van der Waals surface area contributed by atoms with Crippen LogP contribution in [0.25, 0.3) is 10.8 Å². The maximum absolute atomic E-state index is 13.4. The number of aromatic nitrogens is 2. The lowest BCUT2D eigenvalue weighted by molar-refractivity contribution is -0.131. The van der Waals surface area contributed by atoms with Crippen LogP contribution in [0.3, 0.4) is 0 Å². The summed E-state index contributed by atoms with van der Waals surface area (Å²) in [6.45, 7) is 6.56. The molecule has 0 fully saturated rings. The Morgan fingerprint density at radius 2 is 1.68 bits per heavy atom. The molecule has 0 aliphatic rings. The molecule has 0 atom stereocenters. The molecule has 144 valence electrons. The predicted octanol–water partition coefficient (Wildman–Crippen LogP) is 4.04. The highest BCUT2D eigenvalue weighted by atomic mass is 32.1. The first kappa shape index (κ1) is 19.7. The SMILES string of the molecule is CC(=O)Oc1cc2ccccc2cc1C(=O)n1c(C)cc(=O)n(C(C)C)c1=S. The van der Waals surface area contributed by atoms with E-state index in [0.717, 1.165) is 10.8 Å². The Balaban J connectivity index is 2.30. The normalized spacial score (nSPS) is 11.0. The largest absolute Gasteiger partial charge is 0.426 e. The van der Waals surface area contributed by atoms with Crippen molar-refractivity contribution in [1.29, 1.82) is 0 Å². The summed E-state index contributed by atoms with van der Waals surface area (Å²) in [7, 11) is 0. The lowest BCUT2D eigenvalue weighted by Crippen LogP contribution is -2.30. The Bertz CT molecular complexity index is 1220. The van der Waals surface area contributed by atoms with Gasteiger partial charge >= 0.3 is 5.97 Å². The summed E-state index contributed by atoms with van der Waals surface area (Å²) < 4.78 is 8.09. The van der Waals surface area contributed by atoms with Crippen LogP contribution in [0.15, 0.2) is 47.3 Å². The van der Waals surface area contributed by atoms with Crippen LogP contribution in [0.5, 0.6) is 5.75 Å². The summed E-state index contributed by atoms with van der Waals surface area (Å²) in [4.78, 5) is 37.3. The standard InChI is InChI=1S/C21H20N2O4S/c1-12(2)22-19(25)9-13(3)23(21(22)28)20(26)17-10-15-7-5-6-8-16(15)11-18(17)27-14(4)24/h5-12H,1-4H3. The molecule has 0 unspecified atom stereocenters. The zero-order valence-corrected chi connectivity index (χ0v) is 16.9. The molecule has 1 aromatic heterocycles. The summed E-state index contributed by atoms with van der Waals surface area (Å²) in [6.07, 6.45) is 0. The fourth-order valence-electron chi connectivity index (χ4n) is 3.13. The summed E-state index contributed by atoms with van der Waals surface area (Å²) in [6, 6.07) is 11.9. The number of hydrogen-bond donors (Lipinski definition) is 0. The number of carbonyl (C=O) groups excluding carboxylic acids is 2. The first-order valence-corrected chi connectivity index (χ1v) is 9.22. The quantitative estimate of drug-likeness (QED) is 0.380. The molecular formula is C21H20N2O4S. The van der Waals surface area contributed by atoms with Gasteiger partial charge in [0.1, 0.15) is 5.75 Å². The first-order valence-electron chi connectivity index (χ1n) is 8.82. The van der Waals surface area contributed by atoms with Crippen LogP contribution in [0.1, 0.15) is 42.9 Å². The van der Waals surface area contributed by atoms with Crippen LogP contribution >= 0.6 is 12.2 Å².